The maximum Gasteiger partial charge on any atom is 0.0729 e. The molecule has 0 spiro atoms. The number of allylic oxidation sites excluding steroid dienone is 13. The molecule has 0 unspecified atom stereocenters. The molecule has 2 N–H and O–H groups in total. The molecular formula is C27H40O2. The molecule has 0 bridgehead atoms. The molecule has 0 saturated carbocycles. The number of hydrogen-bond acceptors (Lipinski definition) is 2. The summed E-state index contributed by atoms with van der Waals surface area (Å²) in [6.45, 7) is 13.1. The van der Waals surface area contributed by atoms with Gasteiger partial charge in [-0.1, -0.05) is 96.9 Å². The third-order valence-electron chi connectivity index (χ3n) is 5.37. The van der Waals surface area contributed by atoms with Crippen LogP contribution < -0.4 is 0 Å². The van der Waals surface area contributed by atoms with E-state index in [0.717, 1.165) is 19.3 Å². The third kappa shape index (κ3) is 9.92. The molecule has 29 heavy (non-hydrogen) atoms. The van der Waals surface area contributed by atoms with Crippen molar-refractivity contribution in [3.63, 3.8) is 0 Å². The van der Waals surface area contributed by atoms with Gasteiger partial charge >= 0.3 is 0 Å². The van der Waals surface area contributed by atoms with Gasteiger partial charge < -0.3 is 10.2 Å². The first kappa shape index (κ1) is 25.1. The highest BCUT2D eigenvalue weighted by Crippen LogP contribution is 2.41. The highest BCUT2D eigenvalue weighted by atomic mass is 16.3. The van der Waals surface area contributed by atoms with E-state index in [9.17, 15) is 5.11 Å². The molecule has 0 radical (unpaired) electrons. The first-order valence-electron chi connectivity index (χ1n) is 10.7. The van der Waals surface area contributed by atoms with Gasteiger partial charge in [-0.25, -0.2) is 0 Å². The Morgan fingerprint density at radius 1 is 1.03 bits per heavy atom. The van der Waals surface area contributed by atoms with Gasteiger partial charge in [-0.05, 0) is 52.4 Å². The Balaban J connectivity index is 2.64. The summed E-state index contributed by atoms with van der Waals surface area (Å²) in [5.41, 5.74) is 5.00. The monoisotopic (exact) mass is 396 g/mol. The molecule has 0 aromatic heterocycles. The fourth-order valence-corrected chi connectivity index (χ4v) is 3.74. The lowest BCUT2D eigenvalue weighted by Gasteiger charge is -2.38. The van der Waals surface area contributed by atoms with Crippen LogP contribution in [0.1, 0.15) is 60.8 Å². The summed E-state index contributed by atoms with van der Waals surface area (Å²) in [6, 6.07) is 0. The Kier molecular flexibility index (Phi) is 10.9. The van der Waals surface area contributed by atoms with Crippen molar-refractivity contribution in [2.24, 2.45) is 11.3 Å². The van der Waals surface area contributed by atoms with E-state index in [-0.39, 0.29) is 18.1 Å². The maximum atomic E-state index is 9.97. The van der Waals surface area contributed by atoms with E-state index in [1.165, 1.54) is 22.3 Å². The molecule has 0 aliphatic heterocycles. The lowest BCUT2D eigenvalue weighted by Crippen LogP contribution is -2.32. The zero-order valence-corrected chi connectivity index (χ0v) is 19.2. The second kappa shape index (κ2) is 12.6. The van der Waals surface area contributed by atoms with Gasteiger partial charge in [0.1, 0.15) is 0 Å². The van der Waals surface area contributed by atoms with E-state index in [1.54, 1.807) is 0 Å². The predicted octanol–water partition coefficient (Wildman–Crippen LogP) is 6.62. The normalized spacial score (nSPS) is 24.1. The van der Waals surface area contributed by atoms with Crippen molar-refractivity contribution in [3.05, 3.63) is 83.1 Å². The second-order valence-corrected chi connectivity index (χ2v) is 8.91. The van der Waals surface area contributed by atoms with Gasteiger partial charge in [0.2, 0.25) is 0 Å². The summed E-state index contributed by atoms with van der Waals surface area (Å²) in [7, 11) is 0. The first-order chi connectivity index (χ1) is 13.7. The van der Waals surface area contributed by atoms with Gasteiger partial charge in [0, 0.05) is 12.5 Å². The SMILES string of the molecule is CC1=C[C@@H](O)CC(C)(C)[C@@H]1/C=C/C(C)=C/C=C/C(C)=C/C=C/C=C(\C)CCCO. The van der Waals surface area contributed by atoms with Gasteiger partial charge in [-0.15, -0.1) is 0 Å². The van der Waals surface area contributed by atoms with Crippen molar-refractivity contribution < 1.29 is 10.2 Å². The van der Waals surface area contributed by atoms with E-state index in [2.05, 4.69) is 84.1 Å². The Labute approximate surface area is 178 Å². The average Bonchev–Trinajstić information content (AvgIpc) is 2.62. The molecule has 2 atom stereocenters. The Hall–Kier alpha value is -1.90. The van der Waals surface area contributed by atoms with Gasteiger partial charge in [-0.3, -0.25) is 0 Å². The van der Waals surface area contributed by atoms with Gasteiger partial charge in [0.05, 0.1) is 6.10 Å². The Morgan fingerprint density at radius 2 is 1.66 bits per heavy atom. The van der Waals surface area contributed by atoms with Crippen molar-refractivity contribution in [3.8, 4) is 0 Å². The van der Waals surface area contributed by atoms with E-state index < -0.39 is 0 Å². The Bertz CT molecular complexity index is 724. The van der Waals surface area contributed by atoms with Crippen LogP contribution in [0.4, 0.5) is 0 Å². The molecule has 0 fully saturated rings. The quantitative estimate of drug-likeness (QED) is 0.339. The molecule has 160 valence electrons. The summed E-state index contributed by atoms with van der Waals surface area (Å²) in [5.74, 6) is 0.360. The fraction of sp³-hybridized carbons (Fsp3) is 0.481. The standard InChI is InChI=1S/C27H40O2/c1-21(11-7-8-12-22(2)15-10-18-28)13-9-14-23(3)16-17-26-24(4)19-25(29)20-27(26,5)6/h7-9,11-14,16-17,19,25-26,28-29H,10,15,18,20H2,1-6H3/b8-7+,13-9+,17-16+,21-11+,22-12+,23-14+/t25-,26-/m1/s1. The molecule has 0 amide bonds. The van der Waals surface area contributed by atoms with Crippen LogP contribution in [0.3, 0.4) is 0 Å². The van der Waals surface area contributed by atoms with Gasteiger partial charge in [-0.2, -0.15) is 0 Å². The zero-order valence-electron chi connectivity index (χ0n) is 19.2. The topological polar surface area (TPSA) is 40.5 Å². The minimum atomic E-state index is -0.321. The van der Waals surface area contributed by atoms with E-state index in [0.29, 0.717) is 5.92 Å². The van der Waals surface area contributed by atoms with Crippen molar-refractivity contribution in [1.82, 2.24) is 0 Å². The van der Waals surface area contributed by atoms with Crippen molar-refractivity contribution >= 4 is 0 Å². The summed E-state index contributed by atoms with van der Waals surface area (Å²) < 4.78 is 0. The van der Waals surface area contributed by atoms with Crippen LogP contribution in [0.2, 0.25) is 0 Å². The molecule has 0 heterocycles. The summed E-state index contributed by atoms with van der Waals surface area (Å²) in [6.07, 6.45) is 23.3. The molecule has 1 aliphatic carbocycles. The summed E-state index contributed by atoms with van der Waals surface area (Å²) in [4.78, 5) is 0. The summed E-state index contributed by atoms with van der Waals surface area (Å²) in [5, 5.41) is 18.8. The predicted molar refractivity (Wildman–Crippen MR) is 127 cm³/mol. The number of rotatable bonds is 9. The van der Waals surface area contributed by atoms with Crippen LogP contribution >= 0.6 is 0 Å². The van der Waals surface area contributed by atoms with Crippen molar-refractivity contribution in [2.75, 3.05) is 6.61 Å². The number of hydrogen-bond donors (Lipinski definition) is 2. The van der Waals surface area contributed by atoms with Crippen molar-refractivity contribution in [2.45, 2.75) is 66.9 Å². The van der Waals surface area contributed by atoms with E-state index in [4.69, 9.17) is 5.11 Å². The average molecular weight is 397 g/mol. The molecule has 0 aromatic rings. The van der Waals surface area contributed by atoms with E-state index in [1.807, 2.05) is 18.2 Å². The summed E-state index contributed by atoms with van der Waals surface area (Å²) >= 11 is 0. The van der Waals surface area contributed by atoms with Crippen LogP contribution in [-0.4, -0.2) is 22.9 Å². The third-order valence-corrected chi connectivity index (χ3v) is 5.37. The minimum absolute atomic E-state index is 0.0709. The second-order valence-electron chi connectivity index (χ2n) is 8.91. The molecule has 0 aromatic carbocycles. The molecule has 2 nitrogen and oxygen atoms in total. The molecule has 0 saturated heterocycles. The number of aliphatic hydroxyl groups excluding tert-OH is 2. The van der Waals surface area contributed by atoms with Crippen LogP contribution in [0, 0.1) is 11.3 Å². The minimum Gasteiger partial charge on any atom is -0.396 e. The fourth-order valence-electron chi connectivity index (χ4n) is 3.74. The lowest BCUT2D eigenvalue weighted by atomic mass is 9.67. The smallest absolute Gasteiger partial charge is 0.0729 e. The van der Waals surface area contributed by atoms with Crippen LogP contribution in [0.15, 0.2) is 83.1 Å². The largest absolute Gasteiger partial charge is 0.396 e. The first-order valence-corrected chi connectivity index (χ1v) is 10.7. The zero-order chi connectivity index (χ0) is 21.9. The van der Waals surface area contributed by atoms with Gasteiger partial charge in [0.25, 0.3) is 0 Å². The number of aliphatic hydroxyl groups is 2. The maximum absolute atomic E-state index is 9.97. The van der Waals surface area contributed by atoms with E-state index >= 15 is 0 Å². The lowest BCUT2D eigenvalue weighted by molar-refractivity contribution is 0.117. The molecule has 1 rings (SSSR count). The molecule has 1 aliphatic rings. The van der Waals surface area contributed by atoms with Crippen LogP contribution in [0.5, 0.6) is 0 Å². The van der Waals surface area contributed by atoms with Crippen LogP contribution in [-0.2, 0) is 0 Å². The van der Waals surface area contributed by atoms with Gasteiger partial charge in [0.15, 0.2) is 0 Å². The highest BCUT2D eigenvalue weighted by Gasteiger charge is 2.34. The van der Waals surface area contributed by atoms with Crippen LogP contribution in [0.25, 0.3) is 0 Å². The highest BCUT2D eigenvalue weighted by molar-refractivity contribution is 5.31. The Morgan fingerprint density at radius 3 is 2.31 bits per heavy atom. The van der Waals surface area contributed by atoms with Crippen molar-refractivity contribution in [1.29, 1.82) is 0 Å². The molecule has 2 heteroatoms. The molecular weight excluding hydrogens is 356 g/mol.